The molecule has 0 unspecified atom stereocenters. The maximum Gasteiger partial charge on any atom is 0.126 e. The van der Waals surface area contributed by atoms with Crippen molar-refractivity contribution < 1.29 is 4.74 Å². The fraction of sp³-hybridized carbons (Fsp3) is 0.600. The van der Waals surface area contributed by atoms with E-state index in [0.717, 1.165) is 25.3 Å². The van der Waals surface area contributed by atoms with Gasteiger partial charge >= 0.3 is 0 Å². The zero-order valence-corrected chi connectivity index (χ0v) is 11.8. The van der Waals surface area contributed by atoms with Crippen LogP contribution in [0.15, 0.2) is 12.1 Å². The number of aryl methyl sites for hydroxylation is 1. The summed E-state index contributed by atoms with van der Waals surface area (Å²) >= 11 is 0. The lowest BCUT2D eigenvalue weighted by molar-refractivity contribution is 0.332. The molecular formula is C15H25NO. The summed E-state index contributed by atoms with van der Waals surface area (Å²) in [4.78, 5) is 0. The Morgan fingerprint density at radius 3 is 2.53 bits per heavy atom. The van der Waals surface area contributed by atoms with Gasteiger partial charge in [-0.1, -0.05) is 19.1 Å². The van der Waals surface area contributed by atoms with Crippen molar-refractivity contribution in [2.45, 2.75) is 53.6 Å². The predicted molar refractivity (Wildman–Crippen MR) is 73.7 cm³/mol. The van der Waals surface area contributed by atoms with Gasteiger partial charge in [0.15, 0.2) is 0 Å². The van der Waals surface area contributed by atoms with Gasteiger partial charge in [0, 0.05) is 18.2 Å². The van der Waals surface area contributed by atoms with E-state index >= 15 is 0 Å². The molecule has 1 rings (SSSR count). The maximum atomic E-state index is 5.77. The topological polar surface area (TPSA) is 21.3 Å². The van der Waals surface area contributed by atoms with Gasteiger partial charge < -0.3 is 10.1 Å². The first-order valence-corrected chi connectivity index (χ1v) is 6.55. The molecule has 0 fully saturated rings. The maximum absolute atomic E-state index is 5.77. The van der Waals surface area contributed by atoms with Gasteiger partial charge in [0.1, 0.15) is 5.75 Å². The second-order valence-electron chi connectivity index (χ2n) is 4.62. The number of benzene rings is 1. The molecule has 2 heteroatoms. The summed E-state index contributed by atoms with van der Waals surface area (Å²) in [6.07, 6.45) is 1.15. The molecular weight excluding hydrogens is 210 g/mol. The van der Waals surface area contributed by atoms with Gasteiger partial charge in [0.2, 0.25) is 0 Å². The monoisotopic (exact) mass is 235 g/mol. The number of hydrogen-bond donors (Lipinski definition) is 1. The van der Waals surface area contributed by atoms with Crippen molar-refractivity contribution >= 4 is 0 Å². The third-order valence-electron chi connectivity index (χ3n) is 3.30. The highest BCUT2D eigenvalue weighted by atomic mass is 16.5. The summed E-state index contributed by atoms with van der Waals surface area (Å²) in [6, 6.07) is 4.89. The molecule has 17 heavy (non-hydrogen) atoms. The van der Waals surface area contributed by atoms with Gasteiger partial charge in [-0.3, -0.25) is 0 Å². The molecule has 0 aliphatic carbocycles. The molecule has 0 saturated carbocycles. The SMILES string of the molecule is CCOc1c(CN[C@H](C)CC)ccc(C)c1C. The molecule has 0 bridgehead atoms. The van der Waals surface area contributed by atoms with E-state index in [1.165, 1.54) is 16.7 Å². The van der Waals surface area contributed by atoms with Crippen molar-refractivity contribution in [1.82, 2.24) is 5.32 Å². The van der Waals surface area contributed by atoms with E-state index in [0.29, 0.717) is 6.04 Å². The first-order valence-electron chi connectivity index (χ1n) is 6.55. The van der Waals surface area contributed by atoms with Gasteiger partial charge in [-0.15, -0.1) is 0 Å². The van der Waals surface area contributed by atoms with Crippen LogP contribution in [0.25, 0.3) is 0 Å². The number of ether oxygens (including phenoxy) is 1. The minimum Gasteiger partial charge on any atom is -0.493 e. The molecule has 0 heterocycles. The van der Waals surface area contributed by atoms with Crippen LogP contribution in [0.4, 0.5) is 0 Å². The second kappa shape index (κ2) is 6.65. The first kappa shape index (κ1) is 14.0. The van der Waals surface area contributed by atoms with E-state index in [-0.39, 0.29) is 0 Å². The Balaban J connectivity index is 2.86. The molecule has 0 radical (unpaired) electrons. The van der Waals surface area contributed by atoms with Crippen LogP contribution < -0.4 is 10.1 Å². The number of rotatable bonds is 6. The molecule has 0 aliphatic heterocycles. The molecule has 1 aromatic rings. The molecule has 0 amide bonds. The van der Waals surface area contributed by atoms with Crippen LogP contribution in [0.2, 0.25) is 0 Å². The Morgan fingerprint density at radius 1 is 1.24 bits per heavy atom. The third-order valence-corrected chi connectivity index (χ3v) is 3.30. The van der Waals surface area contributed by atoms with Crippen LogP contribution in [0.1, 0.15) is 43.9 Å². The Morgan fingerprint density at radius 2 is 1.94 bits per heavy atom. The van der Waals surface area contributed by atoms with E-state index < -0.39 is 0 Å². The Labute approximate surface area is 105 Å². The van der Waals surface area contributed by atoms with E-state index in [1.54, 1.807) is 0 Å². The molecule has 1 aromatic carbocycles. The van der Waals surface area contributed by atoms with Crippen molar-refractivity contribution in [1.29, 1.82) is 0 Å². The van der Waals surface area contributed by atoms with Crippen molar-refractivity contribution in [3.63, 3.8) is 0 Å². The van der Waals surface area contributed by atoms with Crippen LogP contribution in [-0.4, -0.2) is 12.6 Å². The standard InChI is InChI=1S/C15H25NO/c1-6-12(4)16-10-14-9-8-11(3)13(5)15(14)17-7-2/h8-9,12,16H,6-7,10H2,1-5H3/t12-/m1/s1. The first-order chi connectivity index (χ1) is 8.10. The summed E-state index contributed by atoms with van der Waals surface area (Å²) in [5.74, 6) is 1.06. The minimum absolute atomic E-state index is 0.547. The summed E-state index contributed by atoms with van der Waals surface area (Å²) < 4.78 is 5.77. The fourth-order valence-electron chi connectivity index (χ4n) is 1.76. The van der Waals surface area contributed by atoms with Crippen molar-refractivity contribution in [2.75, 3.05) is 6.61 Å². The van der Waals surface area contributed by atoms with E-state index in [2.05, 4.69) is 45.1 Å². The average molecular weight is 235 g/mol. The average Bonchev–Trinajstić information content (AvgIpc) is 2.33. The van der Waals surface area contributed by atoms with Crippen molar-refractivity contribution in [2.24, 2.45) is 0 Å². The highest BCUT2D eigenvalue weighted by Crippen LogP contribution is 2.26. The van der Waals surface area contributed by atoms with Crippen LogP contribution in [0.5, 0.6) is 5.75 Å². The lowest BCUT2D eigenvalue weighted by Gasteiger charge is -2.17. The van der Waals surface area contributed by atoms with Gasteiger partial charge in [-0.05, 0) is 45.2 Å². The zero-order valence-electron chi connectivity index (χ0n) is 11.8. The van der Waals surface area contributed by atoms with Gasteiger partial charge in [-0.2, -0.15) is 0 Å². The Kier molecular flexibility index (Phi) is 5.49. The van der Waals surface area contributed by atoms with E-state index in [9.17, 15) is 0 Å². The summed E-state index contributed by atoms with van der Waals surface area (Å²) in [7, 11) is 0. The molecule has 0 aliphatic rings. The lowest BCUT2D eigenvalue weighted by Crippen LogP contribution is -2.24. The molecule has 96 valence electrons. The summed E-state index contributed by atoms with van der Waals surface area (Å²) in [5.41, 5.74) is 3.81. The van der Waals surface area contributed by atoms with E-state index in [4.69, 9.17) is 4.74 Å². The normalized spacial score (nSPS) is 12.5. The van der Waals surface area contributed by atoms with Crippen molar-refractivity contribution in [3.8, 4) is 5.75 Å². The number of hydrogen-bond acceptors (Lipinski definition) is 2. The molecule has 1 atom stereocenters. The van der Waals surface area contributed by atoms with Crippen LogP contribution >= 0.6 is 0 Å². The lowest BCUT2D eigenvalue weighted by atomic mass is 10.0. The predicted octanol–water partition coefficient (Wildman–Crippen LogP) is 3.59. The van der Waals surface area contributed by atoms with Gasteiger partial charge in [-0.25, -0.2) is 0 Å². The van der Waals surface area contributed by atoms with Gasteiger partial charge in [0.05, 0.1) is 6.61 Å². The highest BCUT2D eigenvalue weighted by Gasteiger charge is 2.09. The Hall–Kier alpha value is -1.02. The minimum atomic E-state index is 0.547. The second-order valence-corrected chi connectivity index (χ2v) is 4.62. The molecule has 2 nitrogen and oxygen atoms in total. The Bertz CT molecular complexity index is 360. The summed E-state index contributed by atoms with van der Waals surface area (Å²) in [6.45, 7) is 12.3. The zero-order chi connectivity index (χ0) is 12.8. The van der Waals surface area contributed by atoms with Gasteiger partial charge in [0.25, 0.3) is 0 Å². The smallest absolute Gasteiger partial charge is 0.126 e. The van der Waals surface area contributed by atoms with Crippen molar-refractivity contribution in [3.05, 3.63) is 28.8 Å². The molecule has 0 aromatic heterocycles. The van der Waals surface area contributed by atoms with Crippen LogP contribution in [0, 0.1) is 13.8 Å². The number of nitrogens with one attached hydrogen (secondary N) is 1. The summed E-state index contributed by atoms with van der Waals surface area (Å²) in [5, 5.41) is 3.51. The molecule has 0 saturated heterocycles. The largest absolute Gasteiger partial charge is 0.493 e. The highest BCUT2D eigenvalue weighted by molar-refractivity contribution is 5.45. The van der Waals surface area contributed by atoms with Crippen LogP contribution in [-0.2, 0) is 6.54 Å². The fourth-order valence-corrected chi connectivity index (χ4v) is 1.76. The van der Waals surface area contributed by atoms with E-state index in [1.807, 2.05) is 6.92 Å². The quantitative estimate of drug-likeness (QED) is 0.813. The molecule has 0 spiro atoms. The molecule has 1 N–H and O–H groups in total. The third kappa shape index (κ3) is 3.74. The van der Waals surface area contributed by atoms with Crippen LogP contribution in [0.3, 0.4) is 0 Å².